The van der Waals surface area contributed by atoms with Gasteiger partial charge in [-0.1, -0.05) is 49.9 Å². The highest BCUT2D eigenvalue weighted by atomic mass is 35.5. The highest BCUT2D eigenvalue weighted by Crippen LogP contribution is 2.34. The number of hydrogen-bond donors (Lipinski definition) is 1. The molecule has 20 heavy (non-hydrogen) atoms. The van der Waals surface area contributed by atoms with Crippen LogP contribution in [-0.4, -0.2) is 31.6 Å². The summed E-state index contributed by atoms with van der Waals surface area (Å²) in [5, 5.41) is 3.61. The largest absolute Gasteiger partial charge is 0.309 e. The summed E-state index contributed by atoms with van der Waals surface area (Å²) in [6.07, 6.45) is 2.42. The maximum atomic E-state index is 6.22. The molecule has 0 aliphatic rings. The van der Waals surface area contributed by atoms with Crippen molar-refractivity contribution in [2.45, 2.75) is 45.7 Å². The summed E-state index contributed by atoms with van der Waals surface area (Å²) < 4.78 is 1.54. The molecule has 0 spiro atoms. The Balaban J connectivity index is 2.65. The van der Waals surface area contributed by atoms with Crippen molar-refractivity contribution in [3.63, 3.8) is 0 Å². The first kappa shape index (κ1) is 18.2. The van der Waals surface area contributed by atoms with Crippen LogP contribution >= 0.6 is 34.5 Å². The number of halogens is 2. The zero-order valence-corrected chi connectivity index (χ0v) is 15.4. The number of nitrogens with one attached hydrogen (secondary N) is 1. The van der Waals surface area contributed by atoms with E-state index in [0.29, 0.717) is 12.0 Å². The monoisotopic (exact) mass is 336 g/mol. The van der Waals surface area contributed by atoms with Gasteiger partial charge in [0.2, 0.25) is 0 Å². The molecular weight excluding hydrogens is 311 g/mol. The van der Waals surface area contributed by atoms with E-state index in [1.54, 1.807) is 0 Å². The molecule has 1 rings (SSSR count). The van der Waals surface area contributed by atoms with Crippen LogP contribution in [-0.2, 0) is 0 Å². The molecule has 0 saturated carbocycles. The lowest BCUT2D eigenvalue weighted by molar-refractivity contribution is 0.190. The van der Waals surface area contributed by atoms with Crippen molar-refractivity contribution in [3.8, 4) is 0 Å². The first-order valence-electron chi connectivity index (χ1n) is 7.25. The van der Waals surface area contributed by atoms with Gasteiger partial charge in [0.05, 0.1) is 8.67 Å². The van der Waals surface area contributed by atoms with E-state index in [-0.39, 0.29) is 6.04 Å². The molecule has 1 heterocycles. The second-order valence-corrected chi connectivity index (χ2v) is 7.80. The predicted molar refractivity (Wildman–Crippen MR) is 92.3 cm³/mol. The van der Waals surface area contributed by atoms with Crippen LogP contribution in [0, 0.1) is 5.92 Å². The van der Waals surface area contributed by atoms with Crippen LogP contribution in [0.3, 0.4) is 0 Å². The molecule has 0 radical (unpaired) electrons. The van der Waals surface area contributed by atoms with Gasteiger partial charge in [-0.15, -0.1) is 11.3 Å². The average Bonchev–Trinajstić information content (AvgIpc) is 2.72. The van der Waals surface area contributed by atoms with Crippen molar-refractivity contribution >= 4 is 34.5 Å². The van der Waals surface area contributed by atoms with Crippen molar-refractivity contribution in [1.82, 2.24) is 10.2 Å². The van der Waals surface area contributed by atoms with Crippen molar-refractivity contribution in [2.24, 2.45) is 5.92 Å². The normalized spacial score (nSPS) is 15.1. The Morgan fingerprint density at radius 1 is 1.25 bits per heavy atom. The fourth-order valence-electron chi connectivity index (χ4n) is 2.66. The standard InChI is InChI=1S/C15H26Cl2N2S/c1-6-11(7-2)13(19(4)5)9-18-10(3)12-8-14(16)20-15(12)17/h8,10-11,13,18H,6-7,9H2,1-5H3. The Labute approximate surface area is 137 Å². The van der Waals surface area contributed by atoms with Crippen LogP contribution in [0.5, 0.6) is 0 Å². The molecule has 5 heteroatoms. The molecule has 2 atom stereocenters. The highest BCUT2D eigenvalue weighted by Gasteiger charge is 2.22. The van der Waals surface area contributed by atoms with E-state index in [4.69, 9.17) is 23.2 Å². The Morgan fingerprint density at radius 2 is 1.85 bits per heavy atom. The van der Waals surface area contributed by atoms with Crippen LogP contribution in [0.25, 0.3) is 0 Å². The molecule has 0 aliphatic carbocycles. The van der Waals surface area contributed by atoms with Crippen molar-refractivity contribution < 1.29 is 0 Å². The van der Waals surface area contributed by atoms with E-state index in [2.05, 4.69) is 45.1 Å². The highest BCUT2D eigenvalue weighted by molar-refractivity contribution is 7.20. The summed E-state index contributed by atoms with van der Waals surface area (Å²) in [5.41, 5.74) is 1.10. The number of likely N-dealkylation sites (N-methyl/N-ethyl adjacent to an activating group) is 1. The summed E-state index contributed by atoms with van der Waals surface area (Å²) in [7, 11) is 4.31. The molecule has 0 aromatic carbocycles. The second kappa shape index (κ2) is 8.60. The van der Waals surface area contributed by atoms with Crippen LogP contribution in [0.2, 0.25) is 8.67 Å². The summed E-state index contributed by atoms with van der Waals surface area (Å²) in [4.78, 5) is 2.32. The Bertz CT molecular complexity index is 403. The van der Waals surface area contributed by atoms with Crippen molar-refractivity contribution in [3.05, 3.63) is 20.3 Å². The molecule has 2 unspecified atom stereocenters. The van der Waals surface area contributed by atoms with Gasteiger partial charge in [-0.2, -0.15) is 0 Å². The summed E-state index contributed by atoms with van der Waals surface area (Å²) in [5.74, 6) is 0.714. The van der Waals surface area contributed by atoms with Crippen molar-refractivity contribution in [2.75, 3.05) is 20.6 Å². The first-order valence-corrected chi connectivity index (χ1v) is 8.82. The van der Waals surface area contributed by atoms with Gasteiger partial charge in [-0.25, -0.2) is 0 Å². The first-order chi connectivity index (χ1) is 9.40. The van der Waals surface area contributed by atoms with Crippen LogP contribution < -0.4 is 5.32 Å². The lowest BCUT2D eigenvalue weighted by Crippen LogP contribution is -2.43. The zero-order chi connectivity index (χ0) is 15.3. The topological polar surface area (TPSA) is 15.3 Å². The molecule has 2 nitrogen and oxygen atoms in total. The third-order valence-corrected chi connectivity index (χ3v) is 5.56. The van der Waals surface area contributed by atoms with E-state index in [1.165, 1.54) is 24.2 Å². The van der Waals surface area contributed by atoms with Gasteiger partial charge in [-0.05, 0) is 38.6 Å². The number of nitrogens with zero attached hydrogens (tertiary/aromatic N) is 1. The minimum atomic E-state index is 0.225. The third-order valence-electron chi connectivity index (χ3n) is 4.04. The SMILES string of the molecule is CCC(CC)C(CNC(C)c1cc(Cl)sc1Cl)N(C)C. The summed E-state index contributed by atoms with van der Waals surface area (Å²) in [6, 6.07) is 2.73. The average molecular weight is 337 g/mol. The molecule has 0 amide bonds. The van der Waals surface area contributed by atoms with Crippen LogP contribution in [0.4, 0.5) is 0 Å². The zero-order valence-electron chi connectivity index (χ0n) is 13.0. The molecule has 0 fully saturated rings. The fraction of sp³-hybridized carbons (Fsp3) is 0.733. The minimum absolute atomic E-state index is 0.225. The third kappa shape index (κ3) is 4.88. The van der Waals surface area contributed by atoms with E-state index in [1.807, 2.05) is 6.07 Å². The van der Waals surface area contributed by atoms with Gasteiger partial charge in [-0.3, -0.25) is 0 Å². The van der Waals surface area contributed by atoms with E-state index >= 15 is 0 Å². The molecule has 1 aromatic rings. The Morgan fingerprint density at radius 3 is 2.25 bits per heavy atom. The summed E-state index contributed by atoms with van der Waals surface area (Å²) >= 11 is 13.7. The molecule has 0 bridgehead atoms. The van der Waals surface area contributed by atoms with Gasteiger partial charge < -0.3 is 10.2 Å². The summed E-state index contributed by atoms with van der Waals surface area (Å²) in [6.45, 7) is 7.64. The molecular formula is C15H26Cl2N2S. The van der Waals surface area contributed by atoms with Gasteiger partial charge in [0.25, 0.3) is 0 Å². The molecule has 116 valence electrons. The quantitative estimate of drug-likeness (QED) is 0.712. The van der Waals surface area contributed by atoms with Gasteiger partial charge >= 0.3 is 0 Å². The maximum Gasteiger partial charge on any atom is 0.0991 e. The second-order valence-electron chi connectivity index (χ2n) is 5.52. The van der Waals surface area contributed by atoms with Crippen molar-refractivity contribution in [1.29, 1.82) is 0 Å². The number of thiophene rings is 1. The predicted octanol–water partition coefficient (Wildman–Crippen LogP) is 5.07. The molecule has 0 aliphatic heterocycles. The van der Waals surface area contributed by atoms with E-state index < -0.39 is 0 Å². The lowest BCUT2D eigenvalue weighted by Gasteiger charge is -2.32. The van der Waals surface area contributed by atoms with Gasteiger partial charge in [0.1, 0.15) is 0 Å². The number of rotatable bonds is 8. The Kier molecular flexibility index (Phi) is 7.84. The molecule has 1 N–H and O–H groups in total. The van der Waals surface area contributed by atoms with E-state index in [0.717, 1.165) is 20.8 Å². The smallest absolute Gasteiger partial charge is 0.0991 e. The maximum absolute atomic E-state index is 6.22. The van der Waals surface area contributed by atoms with Crippen LogP contribution in [0.1, 0.15) is 45.2 Å². The van der Waals surface area contributed by atoms with Gasteiger partial charge in [0.15, 0.2) is 0 Å². The Hall–Kier alpha value is 0.200. The van der Waals surface area contributed by atoms with E-state index in [9.17, 15) is 0 Å². The van der Waals surface area contributed by atoms with Crippen LogP contribution in [0.15, 0.2) is 6.07 Å². The molecule has 1 aromatic heterocycles. The lowest BCUT2D eigenvalue weighted by atomic mass is 9.93. The van der Waals surface area contributed by atoms with Gasteiger partial charge in [0, 0.05) is 18.6 Å². The number of hydrogen-bond acceptors (Lipinski definition) is 3. The molecule has 0 saturated heterocycles. The fourth-order valence-corrected chi connectivity index (χ4v) is 4.31. The minimum Gasteiger partial charge on any atom is -0.309 e.